The van der Waals surface area contributed by atoms with Crippen molar-refractivity contribution in [2.24, 2.45) is 0 Å². The van der Waals surface area contributed by atoms with Crippen molar-refractivity contribution in [3.05, 3.63) is 68.8 Å². The Labute approximate surface area is 143 Å². The average Bonchev–Trinajstić information content (AvgIpc) is 2.54. The molecule has 0 unspecified atom stereocenters. The fourth-order valence-corrected chi connectivity index (χ4v) is 2.54. The molecule has 0 aliphatic heterocycles. The fourth-order valence-electron chi connectivity index (χ4n) is 1.94. The first-order valence-corrected chi connectivity index (χ1v) is 7.99. The summed E-state index contributed by atoms with van der Waals surface area (Å²) in [5.41, 5.74) is 2.66. The highest BCUT2D eigenvalue weighted by molar-refractivity contribution is 14.1. The number of carbonyl (C=O) groups is 2. The van der Waals surface area contributed by atoms with Gasteiger partial charge in [-0.3, -0.25) is 9.59 Å². The Morgan fingerprint density at radius 1 is 1.00 bits per heavy atom. The van der Waals surface area contributed by atoms with Crippen LogP contribution < -0.4 is 10.6 Å². The summed E-state index contributed by atoms with van der Waals surface area (Å²) < 4.78 is 0.905. The Morgan fingerprint density at radius 2 is 1.73 bits per heavy atom. The van der Waals surface area contributed by atoms with Crippen LogP contribution in [0.2, 0.25) is 0 Å². The Morgan fingerprint density at radius 3 is 2.45 bits per heavy atom. The molecule has 2 N–H and O–H groups in total. The zero-order valence-electron chi connectivity index (χ0n) is 12.2. The van der Waals surface area contributed by atoms with Crippen LogP contribution in [0.25, 0.3) is 0 Å². The number of aryl methyl sites for hydroxylation is 1. The highest BCUT2D eigenvalue weighted by Gasteiger charge is 2.12. The van der Waals surface area contributed by atoms with Gasteiger partial charge >= 0.3 is 0 Å². The summed E-state index contributed by atoms with van der Waals surface area (Å²) in [4.78, 5) is 23.9. The van der Waals surface area contributed by atoms with E-state index >= 15 is 0 Å². The van der Waals surface area contributed by atoms with Gasteiger partial charge in [-0.05, 0) is 46.7 Å². The molecular formula is C17H17IN2O2. The molecule has 5 heteroatoms. The van der Waals surface area contributed by atoms with E-state index in [1.165, 1.54) is 0 Å². The van der Waals surface area contributed by atoms with Gasteiger partial charge in [0, 0.05) is 10.1 Å². The molecule has 0 aliphatic carbocycles. The summed E-state index contributed by atoms with van der Waals surface area (Å²) >= 11 is 2.14. The van der Waals surface area contributed by atoms with Crippen LogP contribution in [0, 0.1) is 10.5 Å². The van der Waals surface area contributed by atoms with Gasteiger partial charge in [-0.25, -0.2) is 0 Å². The predicted octanol–water partition coefficient (Wildman–Crippen LogP) is 2.65. The van der Waals surface area contributed by atoms with E-state index in [0.29, 0.717) is 12.1 Å². The summed E-state index contributed by atoms with van der Waals surface area (Å²) in [6.45, 7) is 2.37. The number of amides is 2. The summed E-state index contributed by atoms with van der Waals surface area (Å²) in [5, 5.41) is 5.42. The zero-order valence-corrected chi connectivity index (χ0v) is 14.4. The summed E-state index contributed by atoms with van der Waals surface area (Å²) in [6.07, 6.45) is 0. The van der Waals surface area contributed by atoms with Crippen molar-refractivity contribution < 1.29 is 9.59 Å². The van der Waals surface area contributed by atoms with E-state index in [0.717, 1.165) is 14.7 Å². The minimum atomic E-state index is -0.233. The van der Waals surface area contributed by atoms with Crippen molar-refractivity contribution in [2.45, 2.75) is 13.5 Å². The maximum Gasteiger partial charge on any atom is 0.252 e. The lowest BCUT2D eigenvalue weighted by Gasteiger charge is -2.09. The van der Waals surface area contributed by atoms with Crippen molar-refractivity contribution >= 4 is 34.4 Å². The Balaban J connectivity index is 1.83. The molecule has 0 aliphatic rings. The normalized spacial score (nSPS) is 10.1. The smallest absolute Gasteiger partial charge is 0.252 e. The number of rotatable bonds is 5. The molecule has 114 valence electrons. The van der Waals surface area contributed by atoms with Crippen LogP contribution in [0.5, 0.6) is 0 Å². The van der Waals surface area contributed by atoms with Gasteiger partial charge in [0.2, 0.25) is 5.91 Å². The molecule has 22 heavy (non-hydrogen) atoms. The van der Waals surface area contributed by atoms with E-state index in [2.05, 4.69) is 33.2 Å². The maximum atomic E-state index is 12.1. The van der Waals surface area contributed by atoms with Crippen LogP contribution in [-0.2, 0) is 11.3 Å². The van der Waals surface area contributed by atoms with E-state index in [4.69, 9.17) is 0 Å². The monoisotopic (exact) mass is 408 g/mol. The van der Waals surface area contributed by atoms with Crippen LogP contribution in [0.3, 0.4) is 0 Å². The van der Waals surface area contributed by atoms with E-state index in [9.17, 15) is 9.59 Å². The number of carbonyl (C=O) groups excluding carboxylic acids is 2. The van der Waals surface area contributed by atoms with E-state index in [1.54, 1.807) is 6.07 Å². The minimum absolute atomic E-state index is 0.0321. The van der Waals surface area contributed by atoms with Crippen molar-refractivity contribution in [3.63, 3.8) is 0 Å². The first-order valence-electron chi connectivity index (χ1n) is 6.92. The lowest BCUT2D eigenvalue weighted by Crippen LogP contribution is -2.36. The second-order valence-corrected chi connectivity index (χ2v) is 5.96. The standard InChI is InChI=1S/C17H17IN2O2/c1-12-6-5-9-14(16(12)18)17(22)20-11-15(21)19-10-13-7-3-2-4-8-13/h2-9H,10-11H2,1H3,(H,19,21)(H,20,22). The van der Waals surface area contributed by atoms with Gasteiger partial charge in [0.1, 0.15) is 0 Å². The van der Waals surface area contributed by atoms with Crippen LogP contribution in [0.1, 0.15) is 21.5 Å². The molecule has 0 saturated carbocycles. The molecule has 2 rings (SSSR count). The topological polar surface area (TPSA) is 58.2 Å². The molecular weight excluding hydrogens is 391 g/mol. The first kappa shape index (κ1) is 16.5. The third kappa shape index (κ3) is 4.56. The fraction of sp³-hybridized carbons (Fsp3) is 0.176. The van der Waals surface area contributed by atoms with Gasteiger partial charge in [-0.15, -0.1) is 0 Å². The minimum Gasteiger partial charge on any atom is -0.350 e. The molecule has 2 amide bonds. The summed E-state index contributed by atoms with van der Waals surface area (Å²) in [7, 11) is 0. The molecule has 0 saturated heterocycles. The molecule has 4 nitrogen and oxygen atoms in total. The van der Waals surface area contributed by atoms with Crippen LogP contribution in [0.4, 0.5) is 0 Å². The molecule has 0 aromatic heterocycles. The van der Waals surface area contributed by atoms with Crippen molar-refractivity contribution in [1.82, 2.24) is 10.6 Å². The van der Waals surface area contributed by atoms with Crippen molar-refractivity contribution in [1.29, 1.82) is 0 Å². The quantitative estimate of drug-likeness (QED) is 0.748. The zero-order chi connectivity index (χ0) is 15.9. The third-order valence-electron chi connectivity index (χ3n) is 3.18. The number of hydrogen-bond donors (Lipinski definition) is 2. The van der Waals surface area contributed by atoms with Crippen LogP contribution in [0.15, 0.2) is 48.5 Å². The first-order chi connectivity index (χ1) is 10.6. The predicted molar refractivity (Wildman–Crippen MR) is 94.5 cm³/mol. The lowest BCUT2D eigenvalue weighted by molar-refractivity contribution is -0.120. The maximum absolute atomic E-state index is 12.1. The SMILES string of the molecule is Cc1cccc(C(=O)NCC(=O)NCc2ccccc2)c1I. The van der Waals surface area contributed by atoms with Gasteiger partial charge < -0.3 is 10.6 Å². The average molecular weight is 408 g/mol. The van der Waals surface area contributed by atoms with Gasteiger partial charge in [-0.1, -0.05) is 42.5 Å². The second-order valence-electron chi connectivity index (χ2n) is 4.88. The second kappa shape index (κ2) is 7.93. The van der Waals surface area contributed by atoms with Crippen molar-refractivity contribution in [2.75, 3.05) is 6.54 Å². The third-order valence-corrected chi connectivity index (χ3v) is 4.61. The number of halogens is 1. The van der Waals surface area contributed by atoms with Gasteiger partial charge in [0.25, 0.3) is 5.91 Å². The van der Waals surface area contributed by atoms with Gasteiger partial charge in [0.05, 0.1) is 12.1 Å². The highest BCUT2D eigenvalue weighted by Crippen LogP contribution is 2.16. The molecule has 0 bridgehead atoms. The van der Waals surface area contributed by atoms with Crippen molar-refractivity contribution in [3.8, 4) is 0 Å². The number of hydrogen-bond acceptors (Lipinski definition) is 2. The molecule has 0 atom stereocenters. The molecule has 0 fully saturated rings. The van der Waals surface area contributed by atoms with Gasteiger partial charge in [0.15, 0.2) is 0 Å². The Bertz CT molecular complexity index is 672. The Kier molecular flexibility index (Phi) is 5.94. The molecule has 2 aromatic rings. The molecule has 0 spiro atoms. The number of nitrogens with one attached hydrogen (secondary N) is 2. The number of benzene rings is 2. The summed E-state index contributed by atoms with van der Waals surface area (Å²) in [6, 6.07) is 15.2. The largest absolute Gasteiger partial charge is 0.350 e. The van der Waals surface area contributed by atoms with E-state index in [1.807, 2.05) is 49.4 Å². The van der Waals surface area contributed by atoms with Gasteiger partial charge in [-0.2, -0.15) is 0 Å². The summed E-state index contributed by atoms with van der Waals surface area (Å²) in [5.74, 6) is -0.442. The highest BCUT2D eigenvalue weighted by atomic mass is 127. The molecule has 0 radical (unpaired) electrons. The van der Waals surface area contributed by atoms with E-state index < -0.39 is 0 Å². The molecule has 2 aromatic carbocycles. The lowest BCUT2D eigenvalue weighted by atomic mass is 10.1. The van der Waals surface area contributed by atoms with Crippen LogP contribution in [-0.4, -0.2) is 18.4 Å². The molecule has 0 heterocycles. The Hall–Kier alpha value is -1.89. The van der Waals surface area contributed by atoms with Crippen LogP contribution >= 0.6 is 22.6 Å². The van der Waals surface area contributed by atoms with E-state index in [-0.39, 0.29) is 18.4 Å².